The summed E-state index contributed by atoms with van der Waals surface area (Å²) in [4.78, 5) is 0. The van der Waals surface area contributed by atoms with Gasteiger partial charge in [0.15, 0.2) is 0 Å². The summed E-state index contributed by atoms with van der Waals surface area (Å²) in [6.07, 6.45) is 0.895. The van der Waals surface area contributed by atoms with Crippen molar-refractivity contribution in [1.82, 2.24) is 9.78 Å². The molecule has 0 saturated carbocycles. The molecule has 0 aliphatic rings. The van der Waals surface area contributed by atoms with Crippen molar-refractivity contribution in [3.63, 3.8) is 0 Å². The van der Waals surface area contributed by atoms with Crippen molar-refractivity contribution in [1.29, 1.82) is 0 Å². The highest BCUT2D eigenvalue weighted by atomic mass is 79.9. The molecule has 1 aromatic heterocycles. The van der Waals surface area contributed by atoms with Crippen LogP contribution in [-0.4, -0.2) is 9.78 Å². The summed E-state index contributed by atoms with van der Waals surface area (Å²) in [5.74, 6) is 0. The summed E-state index contributed by atoms with van der Waals surface area (Å²) in [6, 6.07) is 0. The zero-order valence-corrected chi connectivity index (χ0v) is 9.61. The van der Waals surface area contributed by atoms with Crippen molar-refractivity contribution in [2.24, 2.45) is 0 Å². The molecule has 0 saturated heterocycles. The van der Waals surface area contributed by atoms with E-state index in [1.54, 1.807) is 0 Å². The maximum absolute atomic E-state index is 6.10. The highest BCUT2D eigenvalue weighted by Gasteiger charge is 2.11. The van der Waals surface area contributed by atoms with Crippen molar-refractivity contribution >= 4 is 27.5 Å². The second-order valence-corrected chi connectivity index (χ2v) is 3.45. The summed E-state index contributed by atoms with van der Waals surface area (Å²) in [6.45, 7) is 5.00. The molecule has 0 fully saturated rings. The molecule has 1 aromatic rings. The summed E-state index contributed by atoms with van der Waals surface area (Å²) in [7, 11) is 0. The van der Waals surface area contributed by atoms with Gasteiger partial charge in [0.05, 0.1) is 16.4 Å². The molecule has 4 heteroatoms. The Kier molecular flexibility index (Phi) is 3.59. The van der Waals surface area contributed by atoms with Crippen molar-refractivity contribution < 1.29 is 0 Å². The van der Waals surface area contributed by atoms with Crippen LogP contribution < -0.4 is 0 Å². The van der Waals surface area contributed by atoms with Crippen LogP contribution in [0.5, 0.6) is 0 Å². The number of hydrogen-bond acceptors (Lipinski definition) is 1. The van der Waals surface area contributed by atoms with E-state index < -0.39 is 0 Å². The topological polar surface area (TPSA) is 17.8 Å². The lowest BCUT2D eigenvalue weighted by molar-refractivity contribution is 0.628. The maximum Gasteiger partial charge on any atom is 0.0858 e. The van der Waals surface area contributed by atoms with Gasteiger partial charge in [-0.1, -0.05) is 34.5 Å². The Bertz CT molecular complexity index is 270. The molecule has 1 rings (SSSR count). The molecule has 1 heterocycles. The lowest BCUT2D eigenvalue weighted by Crippen LogP contribution is -2.00. The van der Waals surface area contributed by atoms with Crippen LogP contribution in [0.25, 0.3) is 0 Å². The van der Waals surface area contributed by atoms with Crippen molar-refractivity contribution in [2.75, 3.05) is 0 Å². The van der Waals surface area contributed by atoms with Gasteiger partial charge in [-0.05, 0) is 13.3 Å². The molecular formula is C8H12BrClN2. The fraction of sp³-hybridized carbons (Fsp3) is 0.625. The molecule has 0 N–H and O–H groups in total. The Morgan fingerprint density at radius 2 is 2.17 bits per heavy atom. The first-order chi connectivity index (χ1) is 5.74. The first-order valence-corrected chi connectivity index (χ1v) is 5.54. The van der Waals surface area contributed by atoms with Gasteiger partial charge in [-0.25, -0.2) is 0 Å². The number of aromatic nitrogens is 2. The average Bonchev–Trinajstić information content (AvgIpc) is 2.41. The van der Waals surface area contributed by atoms with E-state index in [-0.39, 0.29) is 0 Å². The monoisotopic (exact) mass is 250 g/mol. The first-order valence-electron chi connectivity index (χ1n) is 4.04. The molecule has 0 aliphatic carbocycles. The molecule has 0 bridgehead atoms. The highest BCUT2D eigenvalue weighted by Crippen LogP contribution is 2.23. The summed E-state index contributed by atoms with van der Waals surface area (Å²) >= 11 is 9.49. The van der Waals surface area contributed by atoms with Gasteiger partial charge in [0.1, 0.15) is 0 Å². The van der Waals surface area contributed by atoms with Crippen LogP contribution in [0.4, 0.5) is 0 Å². The minimum atomic E-state index is 0.771. The smallest absolute Gasteiger partial charge is 0.0858 e. The summed E-state index contributed by atoms with van der Waals surface area (Å²) < 4.78 is 1.94. The number of alkyl halides is 1. The third kappa shape index (κ3) is 1.67. The second-order valence-electron chi connectivity index (χ2n) is 2.51. The van der Waals surface area contributed by atoms with Gasteiger partial charge >= 0.3 is 0 Å². The molecular weight excluding hydrogens is 239 g/mol. The van der Waals surface area contributed by atoms with Gasteiger partial charge in [0.25, 0.3) is 0 Å². The van der Waals surface area contributed by atoms with E-state index in [0.29, 0.717) is 0 Å². The molecule has 0 atom stereocenters. The van der Waals surface area contributed by atoms with Crippen LogP contribution in [0.2, 0.25) is 5.02 Å². The van der Waals surface area contributed by atoms with E-state index in [2.05, 4.69) is 34.9 Å². The lowest BCUT2D eigenvalue weighted by Gasteiger charge is -1.99. The van der Waals surface area contributed by atoms with Crippen LogP contribution in [0.3, 0.4) is 0 Å². The molecule has 0 unspecified atom stereocenters. The normalized spacial score (nSPS) is 10.7. The molecule has 0 radical (unpaired) electrons. The van der Waals surface area contributed by atoms with Gasteiger partial charge in [-0.15, -0.1) is 0 Å². The molecule has 2 nitrogen and oxygen atoms in total. The maximum atomic E-state index is 6.10. The van der Waals surface area contributed by atoms with Crippen LogP contribution >= 0.6 is 27.5 Å². The largest absolute Gasteiger partial charge is 0.267 e. The second kappa shape index (κ2) is 4.28. The molecule has 68 valence electrons. The fourth-order valence-electron chi connectivity index (χ4n) is 1.14. The van der Waals surface area contributed by atoms with Crippen LogP contribution in [0.15, 0.2) is 0 Å². The van der Waals surface area contributed by atoms with Gasteiger partial charge in [-0.3, -0.25) is 4.68 Å². The van der Waals surface area contributed by atoms with Gasteiger partial charge < -0.3 is 0 Å². The predicted molar refractivity (Wildman–Crippen MR) is 54.9 cm³/mol. The minimum absolute atomic E-state index is 0.771. The van der Waals surface area contributed by atoms with Crippen LogP contribution in [-0.2, 0) is 18.3 Å². The number of halogens is 2. The third-order valence-electron chi connectivity index (χ3n) is 1.82. The number of rotatable bonds is 3. The Morgan fingerprint density at radius 3 is 2.50 bits per heavy atom. The molecule has 0 amide bonds. The van der Waals surface area contributed by atoms with Crippen LogP contribution in [0.1, 0.15) is 25.2 Å². The van der Waals surface area contributed by atoms with E-state index in [4.69, 9.17) is 11.6 Å². The van der Waals surface area contributed by atoms with E-state index >= 15 is 0 Å². The quantitative estimate of drug-likeness (QED) is 0.755. The number of aryl methyl sites for hydroxylation is 2. The molecule has 0 aliphatic heterocycles. The summed E-state index contributed by atoms with van der Waals surface area (Å²) in [5.41, 5.74) is 2.07. The Hall–Kier alpha value is -0.0200. The van der Waals surface area contributed by atoms with E-state index in [9.17, 15) is 0 Å². The lowest BCUT2D eigenvalue weighted by atomic mass is 10.3. The Morgan fingerprint density at radius 1 is 1.50 bits per heavy atom. The Balaban J connectivity index is 3.13. The van der Waals surface area contributed by atoms with Gasteiger partial charge in [0.2, 0.25) is 0 Å². The minimum Gasteiger partial charge on any atom is -0.267 e. The number of nitrogens with zero attached hydrogens (tertiary/aromatic N) is 2. The fourth-order valence-corrected chi connectivity index (χ4v) is 2.21. The van der Waals surface area contributed by atoms with Gasteiger partial charge in [0, 0.05) is 11.9 Å². The first kappa shape index (κ1) is 10.1. The molecule has 0 aromatic carbocycles. The van der Waals surface area contributed by atoms with Crippen molar-refractivity contribution in [3.05, 3.63) is 16.4 Å². The van der Waals surface area contributed by atoms with E-state index in [1.807, 2.05) is 4.68 Å². The standard InChI is InChI=1S/C8H12BrClN2/c1-3-6-8(10)7(5-9)12(4-2)11-6/h3-5H2,1-2H3. The zero-order valence-electron chi connectivity index (χ0n) is 7.27. The number of hydrogen-bond donors (Lipinski definition) is 0. The van der Waals surface area contributed by atoms with Crippen molar-refractivity contribution in [3.8, 4) is 0 Å². The molecule has 0 spiro atoms. The van der Waals surface area contributed by atoms with E-state index in [0.717, 1.165) is 34.7 Å². The highest BCUT2D eigenvalue weighted by molar-refractivity contribution is 9.08. The van der Waals surface area contributed by atoms with Crippen molar-refractivity contribution in [2.45, 2.75) is 32.1 Å². The summed E-state index contributed by atoms with van der Waals surface area (Å²) in [5, 5.41) is 5.96. The third-order valence-corrected chi connectivity index (χ3v) is 2.79. The Labute approximate surface area is 86.0 Å². The predicted octanol–water partition coefficient (Wildman–Crippen LogP) is 3.01. The average molecular weight is 252 g/mol. The van der Waals surface area contributed by atoms with Crippen LogP contribution in [0, 0.1) is 0 Å². The van der Waals surface area contributed by atoms with Gasteiger partial charge in [-0.2, -0.15) is 5.10 Å². The van der Waals surface area contributed by atoms with E-state index in [1.165, 1.54) is 0 Å². The molecule has 12 heavy (non-hydrogen) atoms. The SMILES string of the molecule is CCc1nn(CC)c(CBr)c1Cl. The zero-order chi connectivity index (χ0) is 9.14.